The van der Waals surface area contributed by atoms with Gasteiger partial charge in [0.15, 0.2) is 0 Å². The average molecular weight is 140 g/mol. The molecule has 3 heteroatoms. The molecule has 1 saturated heterocycles. The largest absolute Gasteiger partial charge is 0.336 e. The van der Waals surface area contributed by atoms with Crippen molar-refractivity contribution in [3.8, 4) is 0 Å². The van der Waals surface area contributed by atoms with Crippen molar-refractivity contribution in [1.29, 1.82) is 0 Å². The lowest BCUT2D eigenvalue weighted by atomic mass is 10.3. The molecule has 0 saturated carbocycles. The van der Waals surface area contributed by atoms with Crippen molar-refractivity contribution in [1.82, 2.24) is 10.2 Å². The first kappa shape index (κ1) is 7.12. The Balaban J connectivity index is 2.54. The van der Waals surface area contributed by atoms with Gasteiger partial charge in [0.25, 0.3) is 0 Å². The van der Waals surface area contributed by atoms with Crippen LogP contribution in [0.15, 0.2) is 12.7 Å². The number of carbonyl (C=O) groups is 1. The number of nitrogens with zero attached hydrogens (tertiary/aromatic N) is 1. The summed E-state index contributed by atoms with van der Waals surface area (Å²) < 4.78 is 0. The van der Waals surface area contributed by atoms with Gasteiger partial charge in [-0.05, 0) is 6.92 Å². The van der Waals surface area contributed by atoms with Crippen molar-refractivity contribution in [3.05, 3.63) is 12.7 Å². The minimum absolute atomic E-state index is 0.0207. The normalized spacial score (nSPS) is 20.5. The van der Waals surface area contributed by atoms with Gasteiger partial charge < -0.3 is 10.2 Å². The fraction of sp³-hybridized carbons (Fsp3) is 0.571. The highest BCUT2D eigenvalue weighted by atomic mass is 16.2. The first-order valence-electron chi connectivity index (χ1n) is 3.42. The van der Waals surface area contributed by atoms with E-state index < -0.39 is 0 Å². The lowest BCUT2D eigenvalue weighted by Gasteiger charge is -2.18. The van der Waals surface area contributed by atoms with Crippen molar-refractivity contribution in [2.45, 2.75) is 13.0 Å². The topological polar surface area (TPSA) is 32.3 Å². The van der Waals surface area contributed by atoms with E-state index >= 15 is 0 Å². The molecule has 0 radical (unpaired) electrons. The first-order valence-corrected chi connectivity index (χ1v) is 3.42. The zero-order valence-electron chi connectivity index (χ0n) is 6.13. The molecule has 3 nitrogen and oxygen atoms in total. The Hall–Kier alpha value is -0.990. The molecule has 1 rings (SSSR count). The number of carbonyl (C=O) groups excluding carboxylic acids is 1. The van der Waals surface area contributed by atoms with E-state index in [1.54, 1.807) is 11.0 Å². The van der Waals surface area contributed by atoms with Gasteiger partial charge in [-0.15, -0.1) is 6.58 Å². The Morgan fingerprint density at radius 1 is 1.90 bits per heavy atom. The second kappa shape index (κ2) is 2.73. The van der Waals surface area contributed by atoms with E-state index in [0.29, 0.717) is 0 Å². The van der Waals surface area contributed by atoms with E-state index in [9.17, 15) is 4.79 Å². The molecule has 0 aromatic heterocycles. The van der Waals surface area contributed by atoms with Crippen LogP contribution in [-0.2, 0) is 0 Å². The summed E-state index contributed by atoms with van der Waals surface area (Å²) in [5.41, 5.74) is 0. The Morgan fingerprint density at radius 3 is 3.00 bits per heavy atom. The van der Waals surface area contributed by atoms with Crippen LogP contribution >= 0.6 is 0 Å². The Kier molecular flexibility index (Phi) is 1.94. The van der Waals surface area contributed by atoms with Crippen molar-refractivity contribution >= 4 is 6.03 Å². The molecule has 1 N–H and O–H groups in total. The van der Waals surface area contributed by atoms with Gasteiger partial charge in [-0.2, -0.15) is 0 Å². The molecular formula is C7H12N2O. The average Bonchev–Trinajstić information content (AvgIpc) is 2.34. The second-order valence-corrected chi connectivity index (χ2v) is 2.40. The van der Waals surface area contributed by atoms with Gasteiger partial charge >= 0.3 is 6.03 Å². The Morgan fingerprint density at radius 2 is 2.60 bits per heavy atom. The summed E-state index contributed by atoms with van der Waals surface area (Å²) in [6, 6.07) is 0.176. The fourth-order valence-corrected chi connectivity index (χ4v) is 1.00. The number of amides is 2. The summed E-state index contributed by atoms with van der Waals surface area (Å²) in [4.78, 5) is 12.7. The third-order valence-electron chi connectivity index (χ3n) is 1.72. The summed E-state index contributed by atoms with van der Waals surface area (Å²) in [5, 5.41) is 2.72. The minimum Gasteiger partial charge on any atom is -0.336 e. The predicted octanol–water partition coefficient (Wildman–Crippen LogP) is 0.586. The Bertz CT molecular complexity index is 156. The molecular weight excluding hydrogens is 128 g/mol. The van der Waals surface area contributed by atoms with Gasteiger partial charge in [-0.3, -0.25) is 0 Å². The molecule has 10 heavy (non-hydrogen) atoms. The van der Waals surface area contributed by atoms with Crippen LogP contribution in [0.5, 0.6) is 0 Å². The molecule has 0 bridgehead atoms. The Labute approximate surface area is 60.7 Å². The molecule has 0 spiro atoms. The van der Waals surface area contributed by atoms with E-state index in [0.717, 1.165) is 13.1 Å². The smallest absolute Gasteiger partial charge is 0.318 e. The highest BCUT2D eigenvalue weighted by Gasteiger charge is 2.22. The molecule has 1 unspecified atom stereocenters. The van der Waals surface area contributed by atoms with Gasteiger partial charge in [0, 0.05) is 19.1 Å². The van der Waals surface area contributed by atoms with E-state index in [2.05, 4.69) is 11.9 Å². The maximum Gasteiger partial charge on any atom is 0.318 e. The molecule has 1 atom stereocenters. The summed E-state index contributed by atoms with van der Waals surface area (Å²) in [5.74, 6) is 0. The maximum absolute atomic E-state index is 10.9. The number of hydrogen-bond donors (Lipinski definition) is 1. The summed E-state index contributed by atoms with van der Waals surface area (Å²) in [7, 11) is 0. The minimum atomic E-state index is 0.0207. The van der Waals surface area contributed by atoms with Gasteiger partial charge in [-0.25, -0.2) is 4.79 Å². The number of hydrogen-bond acceptors (Lipinski definition) is 1. The number of urea groups is 1. The van der Waals surface area contributed by atoms with E-state index in [4.69, 9.17) is 0 Å². The van der Waals surface area contributed by atoms with Crippen molar-refractivity contribution in [2.24, 2.45) is 0 Å². The number of rotatable bonds is 2. The lowest BCUT2D eigenvalue weighted by molar-refractivity contribution is 0.211. The van der Waals surface area contributed by atoms with Crippen LogP contribution in [0.2, 0.25) is 0 Å². The van der Waals surface area contributed by atoms with E-state index in [-0.39, 0.29) is 12.1 Å². The van der Waals surface area contributed by atoms with Gasteiger partial charge in [0.1, 0.15) is 0 Å². The van der Waals surface area contributed by atoms with E-state index in [1.807, 2.05) is 6.92 Å². The summed E-state index contributed by atoms with van der Waals surface area (Å²) in [6.07, 6.45) is 1.77. The zero-order valence-corrected chi connectivity index (χ0v) is 6.13. The van der Waals surface area contributed by atoms with Crippen LogP contribution in [-0.4, -0.2) is 30.1 Å². The molecule has 56 valence electrons. The van der Waals surface area contributed by atoms with Crippen LogP contribution in [0.1, 0.15) is 6.92 Å². The highest BCUT2D eigenvalue weighted by molar-refractivity contribution is 5.76. The molecule has 0 aromatic rings. The fourth-order valence-electron chi connectivity index (χ4n) is 1.00. The van der Waals surface area contributed by atoms with Crippen LogP contribution in [0, 0.1) is 0 Å². The predicted molar refractivity (Wildman–Crippen MR) is 39.8 cm³/mol. The van der Waals surface area contributed by atoms with E-state index in [1.165, 1.54) is 0 Å². The molecule has 1 aliphatic rings. The quantitative estimate of drug-likeness (QED) is 0.559. The van der Waals surface area contributed by atoms with Crippen molar-refractivity contribution in [2.75, 3.05) is 13.1 Å². The highest BCUT2D eigenvalue weighted by Crippen LogP contribution is 2.03. The zero-order chi connectivity index (χ0) is 7.56. The van der Waals surface area contributed by atoms with Crippen molar-refractivity contribution < 1.29 is 4.79 Å². The third kappa shape index (κ3) is 1.12. The molecule has 2 amide bonds. The van der Waals surface area contributed by atoms with Crippen molar-refractivity contribution in [3.63, 3.8) is 0 Å². The third-order valence-corrected chi connectivity index (χ3v) is 1.72. The SMILES string of the molecule is C=CC(C)N1CCNC1=O. The van der Waals surface area contributed by atoms with Crippen LogP contribution in [0.3, 0.4) is 0 Å². The monoisotopic (exact) mass is 140 g/mol. The molecule has 1 fully saturated rings. The van der Waals surface area contributed by atoms with Crippen LogP contribution in [0.4, 0.5) is 4.79 Å². The molecule has 0 aliphatic carbocycles. The van der Waals surface area contributed by atoms with Gasteiger partial charge in [0.2, 0.25) is 0 Å². The van der Waals surface area contributed by atoms with Crippen LogP contribution < -0.4 is 5.32 Å². The lowest BCUT2D eigenvalue weighted by Crippen LogP contribution is -2.34. The summed E-state index contributed by atoms with van der Waals surface area (Å²) >= 11 is 0. The standard InChI is InChI=1S/C7H12N2O/c1-3-6(2)9-5-4-8-7(9)10/h3,6H,1,4-5H2,2H3,(H,8,10). The van der Waals surface area contributed by atoms with Crippen LogP contribution in [0.25, 0.3) is 0 Å². The van der Waals surface area contributed by atoms with Gasteiger partial charge in [0.05, 0.1) is 0 Å². The number of nitrogens with one attached hydrogen (secondary N) is 1. The summed E-state index contributed by atoms with van der Waals surface area (Å²) in [6.45, 7) is 7.13. The maximum atomic E-state index is 10.9. The first-order chi connectivity index (χ1) is 4.75. The van der Waals surface area contributed by atoms with Gasteiger partial charge in [-0.1, -0.05) is 6.08 Å². The molecule has 0 aromatic carbocycles. The second-order valence-electron chi connectivity index (χ2n) is 2.40. The molecule has 1 heterocycles. The molecule has 1 aliphatic heterocycles.